The normalized spacial score (nSPS) is 15.2. The predicted molar refractivity (Wildman–Crippen MR) is 96.1 cm³/mol. The molecule has 4 aromatic rings. The van der Waals surface area contributed by atoms with Gasteiger partial charge in [-0.25, -0.2) is 14.5 Å². The number of hydrogen-bond donors (Lipinski definition) is 1. The van der Waals surface area contributed by atoms with Gasteiger partial charge in [0.1, 0.15) is 11.2 Å². The van der Waals surface area contributed by atoms with Crippen molar-refractivity contribution in [1.82, 2.24) is 24.5 Å². The molecule has 0 spiro atoms. The minimum atomic E-state index is 0.648. The largest absolute Gasteiger partial charge is 0.398 e. The molecule has 2 N–H and O–H groups in total. The number of rotatable bonds is 1. The lowest BCUT2D eigenvalue weighted by molar-refractivity contribution is 0.318. The van der Waals surface area contributed by atoms with Gasteiger partial charge in [-0.1, -0.05) is 12.1 Å². The van der Waals surface area contributed by atoms with Gasteiger partial charge in [-0.05, 0) is 31.2 Å². The van der Waals surface area contributed by atoms with E-state index in [1.807, 2.05) is 24.3 Å². The first-order chi connectivity index (χ1) is 11.7. The highest BCUT2D eigenvalue weighted by atomic mass is 32.1. The highest BCUT2D eigenvalue weighted by molar-refractivity contribution is 7.19. The molecule has 3 aromatic heterocycles. The lowest BCUT2D eigenvalue weighted by Crippen LogP contribution is -2.25. The summed E-state index contributed by atoms with van der Waals surface area (Å²) in [6.07, 6.45) is 2.78. The molecule has 0 unspecified atom stereocenters. The summed E-state index contributed by atoms with van der Waals surface area (Å²) >= 11 is 1.77. The molecule has 0 saturated heterocycles. The van der Waals surface area contributed by atoms with Gasteiger partial charge in [-0.2, -0.15) is 0 Å². The summed E-state index contributed by atoms with van der Waals surface area (Å²) in [5.41, 5.74) is 9.89. The third-order valence-electron chi connectivity index (χ3n) is 4.57. The van der Waals surface area contributed by atoms with E-state index < -0.39 is 0 Å². The lowest BCUT2D eigenvalue weighted by Gasteiger charge is -2.21. The van der Waals surface area contributed by atoms with Crippen molar-refractivity contribution < 1.29 is 0 Å². The van der Waals surface area contributed by atoms with Gasteiger partial charge < -0.3 is 10.6 Å². The van der Waals surface area contributed by atoms with Crippen molar-refractivity contribution in [1.29, 1.82) is 0 Å². The summed E-state index contributed by atoms with van der Waals surface area (Å²) in [7, 11) is 2.16. The number of likely N-dealkylation sites (N-methyl/N-ethyl adjacent to an activating group) is 1. The molecule has 6 nitrogen and oxygen atoms in total. The fraction of sp³-hybridized carbons (Fsp3) is 0.235. The molecule has 7 heteroatoms. The number of thiophene rings is 1. The summed E-state index contributed by atoms with van der Waals surface area (Å²) in [6, 6.07) is 7.69. The number of aromatic nitrogens is 4. The van der Waals surface area contributed by atoms with E-state index in [2.05, 4.69) is 22.0 Å². The molecule has 0 fully saturated rings. The molecule has 120 valence electrons. The molecule has 0 aliphatic carbocycles. The molecule has 1 aliphatic rings. The number of benzene rings is 1. The molecule has 0 radical (unpaired) electrons. The van der Waals surface area contributed by atoms with Crippen molar-refractivity contribution in [2.24, 2.45) is 0 Å². The Morgan fingerprint density at radius 1 is 1.25 bits per heavy atom. The van der Waals surface area contributed by atoms with Crippen LogP contribution in [0.3, 0.4) is 0 Å². The standard InChI is InChI=1S/C17H16N6S/c1-22-7-6-11-13(8-22)24-17-14(11)16-20-15(21-23(16)9-19-17)10-4-2-3-5-12(10)18/h2-5,9H,6-8,18H2,1H3. The first kappa shape index (κ1) is 13.9. The predicted octanol–water partition coefficient (Wildman–Crippen LogP) is 2.58. The molecule has 5 rings (SSSR count). The van der Waals surface area contributed by atoms with Gasteiger partial charge in [0, 0.05) is 29.2 Å². The second-order valence-corrected chi connectivity index (χ2v) is 7.29. The zero-order valence-electron chi connectivity index (χ0n) is 13.2. The van der Waals surface area contributed by atoms with Gasteiger partial charge in [0.2, 0.25) is 0 Å². The Kier molecular flexibility index (Phi) is 2.89. The quantitative estimate of drug-likeness (QED) is 0.541. The Labute approximate surface area is 142 Å². The lowest BCUT2D eigenvalue weighted by atomic mass is 10.1. The van der Waals surface area contributed by atoms with Crippen molar-refractivity contribution in [3.05, 3.63) is 41.0 Å². The smallest absolute Gasteiger partial charge is 0.184 e. The van der Waals surface area contributed by atoms with Crippen LogP contribution in [0.15, 0.2) is 30.6 Å². The minimum Gasteiger partial charge on any atom is -0.398 e. The van der Waals surface area contributed by atoms with Gasteiger partial charge in [-0.3, -0.25) is 0 Å². The maximum absolute atomic E-state index is 6.08. The van der Waals surface area contributed by atoms with Crippen LogP contribution in [0.2, 0.25) is 0 Å². The number of nitrogens with zero attached hydrogens (tertiary/aromatic N) is 5. The number of fused-ring (bicyclic) bond motifs is 5. The van der Waals surface area contributed by atoms with E-state index in [4.69, 9.17) is 10.7 Å². The molecule has 0 saturated carbocycles. The number of para-hydroxylation sites is 1. The molecular weight excluding hydrogens is 320 g/mol. The van der Waals surface area contributed by atoms with Crippen molar-refractivity contribution in [2.75, 3.05) is 19.3 Å². The zero-order chi connectivity index (χ0) is 16.3. The molecule has 1 aromatic carbocycles. The van der Waals surface area contributed by atoms with Crippen LogP contribution in [0, 0.1) is 0 Å². The van der Waals surface area contributed by atoms with Crippen LogP contribution in [0.4, 0.5) is 5.69 Å². The van der Waals surface area contributed by atoms with Crippen molar-refractivity contribution >= 4 is 32.9 Å². The van der Waals surface area contributed by atoms with E-state index in [-0.39, 0.29) is 0 Å². The van der Waals surface area contributed by atoms with Crippen molar-refractivity contribution in [3.8, 4) is 11.4 Å². The average Bonchev–Trinajstić information content (AvgIpc) is 3.14. The van der Waals surface area contributed by atoms with Gasteiger partial charge in [0.15, 0.2) is 11.5 Å². The van der Waals surface area contributed by atoms with Crippen LogP contribution in [0.25, 0.3) is 27.3 Å². The number of anilines is 1. The van der Waals surface area contributed by atoms with E-state index in [1.54, 1.807) is 22.2 Å². The molecule has 0 amide bonds. The maximum Gasteiger partial charge on any atom is 0.184 e. The second-order valence-electron chi connectivity index (χ2n) is 6.21. The Bertz CT molecular complexity index is 1080. The van der Waals surface area contributed by atoms with E-state index in [9.17, 15) is 0 Å². The topological polar surface area (TPSA) is 72.3 Å². The van der Waals surface area contributed by atoms with Gasteiger partial charge in [-0.15, -0.1) is 16.4 Å². The Hall–Kier alpha value is -2.51. The van der Waals surface area contributed by atoms with Gasteiger partial charge >= 0.3 is 0 Å². The fourth-order valence-electron chi connectivity index (χ4n) is 3.33. The van der Waals surface area contributed by atoms with Crippen LogP contribution in [-0.2, 0) is 13.0 Å². The number of nitrogen functional groups attached to an aromatic ring is 1. The van der Waals surface area contributed by atoms with Gasteiger partial charge in [0.05, 0.1) is 5.39 Å². The van der Waals surface area contributed by atoms with Gasteiger partial charge in [0.25, 0.3) is 0 Å². The summed E-state index contributed by atoms with van der Waals surface area (Å²) in [5, 5.41) is 5.75. The number of hydrogen-bond acceptors (Lipinski definition) is 6. The molecule has 0 atom stereocenters. The third kappa shape index (κ3) is 1.95. The minimum absolute atomic E-state index is 0.648. The van der Waals surface area contributed by atoms with Crippen LogP contribution in [-0.4, -0.2) is 38.1 Å². The van der Waals surface area contributed by atoms with Crippen LogP contribution >= 0.6 is 11.3 Å². The van der Waals surface area contributed by atoms with Crippen LogP contribution < -0.4 is 5.73 Å². The van der Waals surface area contributed by atoms with Crippen molar-refractivity contribution in [2.45, 2.75) is 13.0 Å². The molecule has 24 heavy (non-hydrogen) atoms. The third-order valence-corrected chi connectivity index (χ3v) is 5.69. The summed E-state index contributed by atoms with van der Waals surface area (Å²) in [4.78, 5) is 14.2. The van der Waals surface area contributed by atoms with Crippen LogP contribution in [0.1, 0.15) is 10.4 Å². The highest BCUT2D eigenvalue weighted by Gasteiger charge is 2.23. The monoisotopic (exact) mass is 336 g/mol. The van der Waals surface area contributed by atoms with E-state index in [0.29, 0.717) is 11.5 Å². The summed E-state index contributed by atoms with van der Waals surface area (Å²) in [5.74, 6) is 0.648. The first-order valence-corrected chi connectivity index (χ1v) is 8.71. The molecule has 0 bridgehead atoms. The van der Waals surface area contributed by atoms with Crippen LogP contribution in [0.5, 0.6) is 0 Å². The average molecular weight is 336 g/mol. The highest BCUT2D eigenvalue weighted by Crippen LogP contribution is 2.36. The second kappa shape index (κ2) is 4.99. The van der Waals surface area contributed by atoms with Crippen molar-refractivity contribution in [3.63, 3.8) is 0 Å². The van der Waals surface area contributed by atoms with E-state index >= 15 is 0 Å². The Balaban J connectivity index is 1.78. The Morgan fingerprint density at radius 2 is 2.12 bits per heavy atom. The molecule has 4 heterocycles. The zero-order valence-corrected chi connectivity index (χ0v) is 14.0. The Morgan fingerprint density at radius 3 is 3.00 bits per heavy atom. The fourth-order valence-corrected chi connectivity index (χ4v) is 4.60. The summed E-state index contributed by atoms with van der Waals surface area (Å²) < 4.78 is 1.77. The molecular formula is C17H16N6S. The number of nitrogens with two attached hydrogens (primary N) is 1. The summed E-state index contributed by atoms with van der Waals surface area (Å²) in [6.45, 7) is 2.04. The van der Waals surface area contributed by atoms with E-state index in [0.717, 1.165) is 40.9 Å². The first-order valence-electron chi connectivity index (χ1n) is 7.90. The van der Waals surface area contributed by atoms with E-state index in [1.165, 1.54) is 10.4 Å². The molecule has 1 aliphatic heterocycles. The maximum atomic E-state index is 6.08. The SMILES string of the molecule is CN1CCc2c(sc3ncn4nc(-c5ccccc5N)nc4c23)C1.